The van der Waals surface area contributed by atoms with Gasteiger partial charge in [0.2, 0.25) is 5.91 Å². The summed E-state index contributed by atoms with van der Waals surface area (Å²) in [5.41, 5.74) is 1.05. The lowest BCUT2D eigenvalue weighted by molar-refractivity contribution is -0.127. The maximum atomic E-state index is 12.0. The zero-order chi connectivity index (χ0) is 13.0. The van der Waals surface area contributed by atoms with Crippen molar-refractivity contribution in [1.29, 1.82) is 0 Å². The Morgan fingerprint density at radius 2 is 1.89 bits per heavy atom. The highest BCUT2D eigenvalue weighted by Crippen LogP contribution is 2.16. The highest BCUT2D eigenvalue weighted by molar-refractivity contribution is 9.10. The highest BCUT2D eigenvalue weighted by atomic mass is 79.9. The fourth-order valence-electron chi connectivity index (χ4n) is 2.08. The van der Waals surface area contributed by atoms with Crippen molar-refractivity contribution < 1.29 is 4.79 Å². The van der Waals surface area contributed by atoms with Crippen molar-refractivity contribution in [2.75, 3.05) is 13.1 Å². The highest BCUT2D eigenvalue weighted by Gasteiger charge is 2.18. The number of benzene rings is 1. The van der Waals surface area contributed by atoms with Crippen molar-refractivity contribution in [2.24, 2.45) is 5.92 Å². The Morgan fingerprint density at radius 1 is 1.28 bits per heavy atom. The van der Waals surface area contributed by atoms with Crippen LogP contribution in [0.15, 0.2) is 34.8 Å². The van der Waals surface area contributed by atoms with Crippen LogP contribution in [0.1, 0.15) is 25.3 Å². The van der Waals surface area contributed by atoms with Crippen LogP contribution in [-0.4, -0.2) is 23.9 Å². The third kappa shape index (κ3) is 3.70. The van der Waals surface area contributed by atoms with Gasteiger partial charge in [0.05, 0.1) is 0 Å². The van der Waals surface area contributed by atoms with Crippen LogP contribution >= 0.6 is 15.9 Å². The van der Waals surface area contributed by atoms with Gasteiger partial charge in [-0.25, -0.2) is 0 Å². The summed E-state index contributed by atoms with van der Waals surface area (Å²) in [6.45, 7) is 4.04. The topological polar surface area (TPSA) is 20.3 Å². The zero-order valence-electron chi connectivity index (χ0n) is 10.6. The van der Waals surface area contributed by atoms with E-state index in [1.165, 1.54) is 0 Å². The molecule has 3 heteroatoms. The van der Waals surface area contributed by atoms with Gasteiger partial charge in [-0.05, 0) is 42.5 Å². The molecule has 1 aromatic carbocycles. The molecule has 18 heavy (non-hydrogen) atoms. The summed E-state index contributed by atoms with van der Waals surface area (Å²) in [6.07, 6.45) is 5.81. The Hall–Kier alpha value is -1.09. The van der Waals surface area contributed by atoms with Crippen molar-refractivity contribution in [3.63, 3.8) is 0 Å². The number of likely N-dealkylation sites (tertiary alicyclic amines) is 1. The van der Waals surface area contributed by atoms with E-state index in [9.17, 15) is 4.79 Å². The van der Waals surface area contributed by atoms with E-state index in [0.717, 1.165) is 41.9 Å². The summed E-state index contributed by atoms with van der Waals surface area (Å²) in [5, 5.41) is 0. The van der Waals surface area contributed by atoms with Crippen LogP contribution in [0.2, 0.25) is 0 Å². The maximum absolute atomic E-state index is 12.0. The predicted molar refractivity (Wildman–Crippen MR) is 78.2 cm³/mol. The predicted octanol–water partition coefficient (Wildman–Crippen LogP) is 3.72. The molecule has 0 saturated carbocycles. The fraction of sp³-hybridized carbons (Fsp3) is 0.400. The molecular formula is C15H18BrNO. The molecule has 0 bridgehead atoms. The number of hydrogen-bond acceptors (Lipinski definition) is 1. The molecule has 1 amide bonds. The second-order valence-corrected chi connectivity index (χ2v) is 5.81. The Morgan fingerprint density at radius 3 is 2.50 bits per heavy atom. The molecule has 1 heterocycles. The van der Waals surface area contributed by atoms with Gasteiger partial charge in [-0.2, -0.15) is 0 Å². The van der Waals surface area contributed by atoms with Crippen LogP contribution in [0.3, 0.4) is 0 Å². The van der Waals surface area contributed by atoms with Crippen molar-refractivity contribution in [3.8, 4) is 0 Å². The molecule has 1 aliphatic heterocycles. The smallest absolute Gasteiger partial charge is 0.246 e. The van der Waals surface area contributed by atoms with E-state index in [1.807, 2.05) is 35.2 Å². The second kappa shape index (κ2) is 6.19. The van der Waals surface area contributed by atoms with Crippen molar-refractivity contribution in [3.05, 3.63) is 40.4 Å². The normalized spacial score (nSPS) is 17.3. The van der Waals surface area contributed by atoms with Gasteiger partial charge < -0.3 is 4.90 Å². The minimum atomic E-state index is 0.129. The van der Waals surface area contributed by atoms with Gasteiger partial charge in [0.15, 0.2) is 0 Å². The molecule has 0 aromatic heterocycles. The number of rotatable bonds is 2. The Bertz CT molecular complexity index is 430. The molecule has 0 atom stereocenters. The number of halogens is 1. The van der Waals surface area contributed by atoms with E-state index in [-0.39, 0.29) is 5.91 Å². The van der Waals surface area contributed by atoms with Crippen LogP contribution in [-0.2, 0) is 4.79 Å². The minimum Gasteiger partial charge on any atom is -0.339 e. The van der Waals surface area contributed by atoms with Gasteiger partial charge in [-0.3, -0.25) is 4.79 Å². The summed E-state index contributed by atoms with van der Waals surface area (Å²) in [6, 6.07) is 7.94. The molecule has 0 aliphatic carbocycles. The van der Waals surface area contributed by atoms with E-state index >= 15 is 0 Å². The standard InChI is InChI=1S/C15H18BrNO/c1-12-8-10-17(11-9-12)15(18)7-4-13-2-5-14(16)6-3-13/h2-7,12H,8-11H2,1H3. The molecule has 0 unspecified atom stereocenters. The molecule has 1 aromatic rings. The van der Waals surface area contributed by atoms with Crippen molar-refractivity contribution in [1.82, 2.24) is 4.90 Å². The van der Waals surface area contributed by atoms with Gasteiger partial charge >= 0.3 is 0 Å². The van der Waals surface area contributed by atoms with Gasteiger partial charge in [-0.15, -0.1) is 0 Å². The number of carbonyl (C=O) groups is 1. The molecule has 1 fully saturated rings. The van der Waals surface area contributed by atoms with Crippen LogP contribution in [0.25, 0.3) is 6.08 Å². The summed E-state index contributed by atoms with van der Waals surface area (Å²) >= 11 is 3.39. The maximum Gasteiger partial charge on any atom is 0.246 e. The summed E-state index contributed by atoms with van der Waals surface area (Å²) in [7, 11) is 0. The molecule has 2 nitrogen and oxygen atoms in total. The molecule has 1 saturated heterocycles. The number of amides is 1. The third-order valence-corrected chi connectivity index (χ3v) is 3.91. The number of carbonyl (C=O) groups excluding carboxylic acids is 1. The number of nitrogens with zero attached hydrogens (tertiary/aromatic N) is 1. The monoisotopic (exact) mass is 307 g/mol. The second-order valence-electron chi connectivity index (χ2n) is 4.89. The lowest BCUT2D eigenvalue weighted by Gasteiger charge is -2.29. The van der Waals surface area contributed by atoms with Crippen LogP contribution in [0.4, 0.5) is 0 Å². The third-order valence-electron chi connectivity index (χ3n) is 3.38. The molecule has 0 N–H and O–H groups in total. The van der Waals surface area contributed by atoms with Gasteiger partial charge in [-0.1, -0.05) is 35.0 Å². The summed E-state index contributed by atoms with van der Waals surface area (Å²) in [5.74, 6) is 0.884. The molecule has 0 radical (unpaired) electrons. The first-order chi connectivity index (χ1) is 8.65. The first-order valence-corrected chi connectivity index (χ1v) is 7.17. The van der Waals surface area contributed by atoms with E-state index in [4.69, 9.17) is 0 Å². The zero-order valence-corrected chi connectivity index (χ0v) is 12.2. The van der Waals surface area contributed by atoms with Gasteiger partial charge in [0, 0.05) is 23.6 Å². The average Bonchev–Trinajstić information content (AvgIpc) is 2.38. The Balaban J connectivity index is 1.92. The largest absolute Gasteiger partial charge is 0.339 e. The number of piperidine rings is 1. The lowest BCUT2D eigenvalue weighted by atomic mass is 9.99. The summed E-state index contributed by atoms with van der Waals surface area (Å²) < 4.78 is 1.05. The molecule has 1 aliphatic rings. The lowest BCUT2D eigenvalue weighted by Crippen LogP contribution is -2.36. The molecule has 96 valence electrons. The quantitative estimate of drug-likeness (QED) is 0.763. The molecule has 0 spiro atoms. The average molecular weight is 308 g/mol. The van der Waals surface area contributed by atoms with E-state index in [2.05, 4.69) is 22.9 Å². The van der Waals surface area contributed by atoms with Crippen LogP contribution in [0.5, 0.6) is 0 Å². The van der Waals surface area contributed by atoms with Crippen molar-refractivity contribution >= 4 is 27.9 Å². The van der Waals surface area contributed by atoms with Crippen LogP contribution < -0.4 is 0 Å². The fourth-order valence-corrected chi connectivity index (χ4v) is 2.34. The van der Waals surface area contributed by atoms with E-state index in [0.29, 0.717) is 0 Å². The molecular weight excluding hydrogens is 290 g/mol. The Labute approximate surface area is 117 Å². The summed E-state index contributed by atoms with van der Waals surface area (Å²) in [4.78, 5) is 13.9. The minimum absolute atomic E-state index is 0.129. The Kier molecular flexibility index (Phi) is 4.59. The van der Waals surface area contributed by atoms with E-state index < -0.39 is 0 Å². The molecule has 2 rings (SSSR count). The van der Waals surface area contributed by atoms with Gasteiger partial charge in [0.25, 0.3) is 0 Å². The van der Waals surface area contributed by atoms with E-state index in [1.54, 1.807) is 6.08 Å². The van der Waals surface area contributed by atoms with Crippen molar-refractivity contribution in [2.45, 2.75) is 19.8 Å². The first-order valence-electron chi connectivity index (χ1n) is 6.38. The SMILES string of the molecule is CC1CCN(C(=O)C=Cc2ccc(Br)cc2)CC1. The van der Waals surface area contributed by atoms with Gasteiger partial charge in [0.1, 0.15) is 0 Å². The van der Waals surface area contributed by atoms with Crippen LogP contribution in [0, 0.1) is 5.92 Å². The first kappa shape index (κ1) is 13.3. The number of hydrogen-bond donors (Lipinski definition) is 0.